The minimum absolute atomic E-state index is 0.0419. The molecule has 6 heteroatoms. The second-order valence-electron chi connectivity index (χ2n) is 3.06. The van der Waals surface area contributed by atoms with E-state index in [0.717, 1.165) is 0 Å². The molecule has 2 aromatic rings. The standard InChI is InChI=1S/C9H7F3N2O/c10-9(11,12)8-6-2-1-5(4-13)3-7(6)15-14-8/h1-3H,4,13H2. The SMILES string of the molecule is NCc1ccc2c(C(F)(F)F)noc2c1. The average Bonchev–Trinajstić information content (AvgIpc) is 2.59. The molecule has 0 radical (unpaired) electrons. The van der Waals surface area contributed by atoms with Crippen molar-refractivity contribution in [2.24, 2.45) is 5.73 Å². The first-order valence-corrected chi connectivity index (χ1v) is 4.18. The number of alkyl halides is 3. The molecule has 0 fully saturated rings. The molecule has 2 N–H and O–H groups in total. The highest BCUT2D eigenvalue weighted by atomic mass is 19.4. The first-order chi connectivity index (χ1) is 7.02. The topological polar surface area (TPSA) is 52.0 Å². The first kappa shape index (κ1) is 9.97. The minimum atomic E-state index is -4.49. The van der Waals surface area contributed by atoms with Gasteiger partial charge in [-0.25, -0.2) is 0 Å². The highest BCUT2D eigenvalue weighted by molar-refractivity contribution is 5.80. The molecule has 2 rings (SSSR count). The summed E-state index contributed by atoms with van der Waals surface area (Å²) in [6, 6.07) is 4.29. The van der Waals surface area contributed by atoms with E-state index in [1.54, 1.807) is 0 Å². The first-order valence-electron chi connectivity index (χ1n) is 4.18. The van der Waals surface area contributed by atoms with E-state index in [1.165, 1.54) is 18.2 Å². The third kappa shape index (κ3) is 1.68. The van der Waals surface area contributed by atoms with Gasteiger partial charge in [-0.05, 0) is 17.7 Å². The molecule has 80 valence electrons. The lowest BCUT2D eigenvalue weighted by Gasteiger charge is -2.00. The molecule has 0 aliphatic carbocycles. The van der Waals surface area contributed by atoms with Crippen molar-refractivity contribution >= 4 is 11.0 Å². The van der Waals surface area contributed by atoms with E-state index in [-0.39, 0.29) is 17.5 Å². The van der Waals surface area contributed by atoms with Crippen LogP contribution in [0.2, 0.25) is 0 Å². The van der Waals surface area contributed by atoms with Crippen LogP contribution in [0.4, 0.5) is 13.2 Å². The summed E-state index contributed by atoms with van der Waals surface area (Å²) in [5.41, 5.74) is 5.15. The van der Waals surface area contributed by atoms with Crippen molar-refractivity contribution in [1.29, 1.82) is 0 Å². The Morgan fingerprint density at radius 3 is 2.67 bits per heavy atom. The molecule has 3 nitrogen and oxygen atoms in total. The second kappa shape index (κ2) is 3.23. The van der Waals surface area contributed by atoms with Crippen molar-refractivity contribution in [3.63, 3.8) is 0 Å². The highest BCUT2D eigenvalue weighted by Crippen LogP contribution is 2.34. The maximum Gasteiger partial charge on any atom is 0.437 e. The summed E-state index contributed by atoms with van der Waals surface area (Å²) in [4.78, 5) is 0. The summed E-state index contributed by atoms with van der Waals surface area (Å²) in [6.07, 6.45) is -4.49. The molecule has 15 heavy (non-hydrogen) atoms. The Balaban J connectivity index is 2.62. The molecule has 0 saturated heterocycles. The van der Waals surface area contributed by atoms with Gasteiger partial charge in [0.05, 0.1) is 5.39 Å². The lowest BCUT2D eigenvalue weighted by Crippen LogP contribution is -2.05. The molecule has 0 spiro atoms. The van der Waals surface area contributed by atoms with Crippen molar-refractivity contribution in [2.45, 2.75) is 12.7 Å². The predicted octanol–water partition coefficient (Wildman–Crippen LogP) is 2.31. The maximum absolute atomic E-state index is 12.4. The molecule has 0 aliphatic heterocycles. The van der Waals surface area contributed by atoms with Crippen molar-refractivity contribution in [3.05, 3.63) is 29.5 Å². The van der Waals surface area contributed by atoms with Crippen LogP contribution in [0.25, 0.3) is 11.0 Å². The van der Waals surface area contributed by atoms with E-state index in [0.29, 0.717) is 5.56 Å². The number of hydrogen-bond donors (Lipinski definition) is 1. The van der Waals surface area contributed by atoms with Gasteiger partial charge < -0.3 is 10.3 Å². The van der Waals surface area contributed by atoms with Crippen molar-refractivity contribution < 1.29 is 17.7 Å². The van der Waals surface area contributed by atoms with Gasteiger partial charge in [0.15, 0.2) is 11.3 Å². The molecule has 0 aliphatic rings. The lowest BCUT2D eigenvalue weighted by atomic mass is 10.1. The summed E-state index contributed by atoms with van der Waals surface area (Å²) in [6.45, 7) is 0.248. The number of aromatic nitrogens is 1. The van der Waals surface area contributed by atoms with Gasteiger partial charge in [-0.2, -0.15) is 13.2 Å². The fraction of sp³-hybridized carbons (Fsp3) is 0.222. The normalized spacial score (nSPS) is 12.3. The molecule has 1 heterocycles. The molecule has 1 aromatic carbocycles. The van der Waals surface area contributed by atoms with E-state index in [9.17, 15) is 13.2 Å². The zero-order valence-corrected chi connectivity index (χ0v) is 7.51. The number of halogens is 3. The molecule has 0 amide bonds. The van der Waals surface area contributed by atoms with Crippen molar-refractivity contribution in [2.75, 3.05) is 0 Å². The van der Waals surface area contributed by atoms with Gasteiger partial charge in [-0.3, -0.25) is 0 Å². The fourth-order valence-electron chi connectivity index (χ4n) is 1.31. The van der Waals surface area contributed by atoms with Crippen LogP contribution in [0.5, 0.6) is 0 Å². The molecular weight excluding hydrogens is 209 g/mol. The Labute approximate surface area is 82.6 Å². The van der Waals surface area contributed by atoms with Crippen LogP contribution in [0, 0.1) is 0 Å². The van der Waals surface area contributed by atoms with E-state index in [4.69, 9.17) is 5.73 Å². The van der Waals surface area contributed by atoms with E-state index < -0.39 is 11.9 Å². The van der Waals surface area contributed by atoms with Gasteiger partial charge in [0, 0.05) is 6.54 Å². The van der Waals surface area contributed by atoms with E-state index >= 15 is 0 Å². The Hall–Kier alpha value is -1.56. The number of rotatable bonds is 1. The average molecular weight is 216 g/mol. The largest absolute Gasteiger partial charge is 0.437 e. The van der Waals surface area contributed by atoms with Gasteiger partial charge >= 0.3 is 6.18 Å². The second-order valence-corrected chi connectivity index (χ2v) is 3.06. The van der Waals surface area contributed by atoms with Gasteiger partial charge in [0.2, 0.25) is 0 Å². The molecule has 0 unspecified atom stereocenters. The molecular formula is C9H7F3N2O. The summed E-state index contributed by atoms with van der Waals surface area (Å²) >= 11 is 0. The van der Waals surface area contributed by atoms with Gasteiger partial charge in [-0.1, -0.05) is 11.2 Å². The van der Waals surface area contributed by atoms with Crippen LogP contribution in [-0.2, 0) is 12.7 Å². The lowest BCUT2D eigenvalue weighted by molar-refractivity contribution is -0.141. The monoisotopic (exact) mass is 216 g/mol. The summed E-state index contributed by atoms with van der Waals surface area (Å²) in [5.74, 6) is 0. The Kier molecular flexibility index (Phi) is 2.15. The zero-order valence-electron chi connectivity index (χ0n) is 7.51. The van der Waals surface area contributed by atoms with Gasteiger partial charge in [0.1, 0.15) is 0 Å². The summed E-state index contributed by atoms with van der Waals surface area (Å²) in [7, 11) is 0. The maximum atomic E-state index is 12.4. The van der Waals surface area contributed by atoms with Gasteiger partial charge in [-0.15, -0.1) is 0 Å². The fourth-order valence-corrected chi connectivity index (χ4v) is 1.31. The Bertz CT molecular complexity index is 490. The van der Waals surface area contributed by atoms with Crippen LogP contribution < -0.4 is 5.73 Å². The van der Waals surface area contributed by atoms with Crippen molar-refractivity contribution in [3.8, 4) is 0 Å². The predicted molar refractivity (Wildman–Crippen MR) is 46.9 cm³/mol. The summed E-state index contributed by atoms with van der Waals surface area (Å²) < 4.78 is 41.8. The Morgan fingerprint density at radius 2 is 2.07 bits per heavy atom. The number of nitrogens with zero attached hydrogens (tertiary/aromatic N) is 1. The third-order valence-electron chi connectivity index (χ3n) is 2.04. The van der Waals surface area contributed by atoms with E-state index in [1.807, 2.05) is 0 Å². The van der Waals surface area contributed by atoms with Crippen LogP contribution in [0.1, 0.15) is 11.3 Å². The highest BCUT2D eigenvalue weighted by Gasteiger charge is 2.36. The zero-order chi connectivity index (χ0) is 11.1. The van der Waals surface area contributed by atoms with Crippen LogP contribution in [0.15, 0.2) is 22.7 Å². The summed E-state index contributed by atoms with van der Waals surface area (Å²) in [5, 5.41) is 2.96. The number of benzene rings is 1. The van der Waals surface area contributed by atoms with Gasteiger partial charge in [0.25, 0.3) is 0 Å². The van der Waals surface area contributed by atoms with E-state index in [2.05, 4.69) is 9.68 Å². The molecule has 1 aromatic heterocycles. The van der Waals surface area contributed by atoms with Crippen LogP contribution in [-0.4, -0.2) is 5.16 Å². The minimum Gasteiger partial charge on any atom is -0.356 e. The quantitative estimate of drug-likeness (QED) is 0.795. The van der Waals surface area contributed by atoms with Crippen molar-refractivity contribution in [1.82, 2.24) is 5.16 Å². The van der Waals surface area contributed by atoms with Crippen LogP contribution >= 0.6 is 0 Å². The number of fused-ring (bicyclic) bond motifs is 1. The Morgan fingerprint density at radius 1 is 1.33 bits per heavy atom. The van der Waals surface area contributed by atoms with Crippen LogP contribution in [0.3, 0.4) is 0 Å². The third-order valence-corrected chi connectivity index (χ3v) is 2.04. The number of nitrogens with two attached hydrogens (primary N) is 1. The molecule has 0 atom stereocenters. The molecule has 0 bridgehead atoms. The number of hydrogen-bond acceptors (Lipinski definition) is 3. The molecule has 0 saturated carbocycles. The smallest absolute Gasteiger partial charge is 0.356 e.